The molecule has 4 saturated carbocycles. The van der Waals surface area contributed by atoms with Crippen LogP contribution in [-0.4, -0.2) is 28.1 Å². The van der Waals surface area contributed by atoms with Crippen molar-refractivity contribution in [2.24, 2.45) is 17.8 Å². The van der Waals surface area contributed by atoms with Crippen LogP contribution in [0.2, 0.25) is 0 Å². The molecule has 34 heavy (non-hydrogen) atoms. The largest absolute Gasteiger partial charge is 0.508 e. The summed E-state index contributed by atoms with van der Waals surface area (Å²) in [6, 6.07) is 10.7. The molecule has 7 rings (SSSR count). The fourth-order valence-electron chi connectivity index (χ4n) is 7.13. The summed E-state index contributed by atoms with van der Waals surface area (Å²) in [5, 5.41) is 21.7. The van der Waals surface area contributed by atoms with E-state index < -0.39 is 17.8 Å². The molecule has 2 aromatic rings. The van der Waals surface area contributed by atoms with Gasteiger partial charge in [-0.15, -0.1) is 0 Å². The van der Waals surface area contributed by atoms with Crippen LogP contribution in [-0.2, 0) is 15.0 Å². The molecule has 3 N–H and O–H groups in total. The van der Waals surface area contributed by atoms with Crippen LogP contribution < -0.4 is 10.2 Å². The van der Waals surface area contributed by atoms with Gasteiger partial charge in [0, 0.05) is 11.6 Å². The van der Waals surface area contributed by atoms with Crippen molar-refractivity contribution < 1.29 is 24.6 Å². The normalized spacial score (nSPS) is 31.3. The van der Waals surface area contributed by atoms with Crippen molar-refractivity contribution in [3.8, 4) is 11.5 Å². The maximum absolute atomic E-state index is 13.2. The fraction of sp³-hybridized carbons (Fsp3) is 0.370. The van der Waals surface area contributed by atoms with Gasteiger partial charge in [0.15, 0.2) is 0 Å². The number of nitrogens with one attached hydrogen (secondary N) is 1. The van der Waals surface area contributed by atoms with Crippen LogP contribution in [0.5, 0.6) is 11.5 Å². The Morgan fingerprint density at radius 2 is 1.50 bits per heavy atom. The predicted molar refractivity (Wildman–Crippen MR) is 125 cm³/mol. The summed E-state index contributed by atoms with van der Waals surface area (Å²) in [4.78, 5) is 39.1. The minimum atomic E-state index is -0.830. The van der Waals surface area contributed by atoms with E-state index in [4.69, 9.17) is 0 Å². The molecule has 0 spiro atoms. The van der Waals surface area contributed by atoms with Crippen molar-refractivity contribution in [3.63, 3.8) is 0 Å². The van der Waals surface area contributed by atoms with Crippen LogP contribution in [0, 0.1) is 17.8 Å². The Morgan fingerprint density at radius 1 is 0.882 bits per heavy atom. The highest BCUT2D eigenvalue weighted by atomic mass is 16.3. The topological polar surface area (TPSA) is 107 Å². The minimum Gasteiger partial charge on any atom is -0.508 e. The molecule has 1 saturated heterocycles. The lowest BCUT2D eigenvalue weighted by molar-refractivity contribution is -0.122. The van der Waals surface area contributed by atoms with E-state index in [0.29, 0.717) is 5.69 Å². The van der Waals surface area contributed by atoms with Crippen molar-refractivity contribution in [2.75, 3.05) is 4.90 Å². The van der Waals surface area contributed by atoms with Gasteiger partial charge in [0.25, 0.3) is 11.8 Å². The molecule has 0 unspecified atom stereocenters. The van der Waals surface area contributed by atoms with Gasteiger partial charge in [-0.1, -0.05) is 12.1 Å². The highest BCUT2D eigenvalue weighted by Gasteiger charge is 2.51. The highest BCUT2D eigenvalue weighted by molar-refractivity contribution is 6.39. The van der Waals surface area contributed by atoms with Gasteiger partial charge in [-0.2, -0.15) is 0 Å². The molecule has 2 aromatic carbocycles. The maximum atomic E-state index is 13.2. The number of benzene rings is 2. The fourth-order valence-corrected chi connectivity index (χ4v) is 7.13. The number of carbonyl (C=O) groups is 3. The van der Waals surface area contributed by atoms with Crippen molar-refractivity contribution >= 4 is 29.6 Å². The number of phenols is 2. The van der Waals surface area contributed by atoms with Gasteiger partial charge in [0.05, 0.1) is 5.69 Å². The number of imide groups is 2. The molecule has 7 heteroatoms. The summed E-state index contributed by atoms with van der Waals surface area (Å²) < 4.78 is 0. The third kappa shape index (κ3) is 3.30. The molecule has 5 aliphatic rings. The molecule has 0 aromatic heterocycles. The first kappa shape index (κ1) is 21.0. The third-order valence-electron chi connectivity index (χ3n) is 8.19. The molecule has 4 aliphatic carbocycles. The molecule has 174 valence electrons. The Morgan fingerprint density at radius 3 is 2.09 bits per heavy atom. The number of rotatable bonds is 3. The summed E-state index contributed by atoms with van der Waals surface area (Å²) in [6.07, 6.45) is 8.96. The lowest BCUT2D eigenvalue weighted by atomic mass is 9.48. The van der Waals surface area contributed by atoms with Crippen LogP contribution in [0.3, 0.4) is 0 Å². The van der Waals surface area contributed by atoms with Crippen LogP contribution in [0.25, 0.3) is 6.08 Å². The number of phenolic OH excluding ortho intramolecular Hbond substituents is 2. The van der Waals surface area contributed by atoms with Gasteiger partial charge >= 0.3 is 6.03 Å². The summed E-state index contributed by atoms with van der Waals surface area (Å²) >= 11 is 0. The Hall–Kier alpha value is -3.61. The van der Waals surface area contributed by atoms with Gasteiger partial charge < -0.3 is 10.2 Å². The third-order valence-corrected chi connectivity index (χ3v) is 8.19. The predicted octanol–water partition coefficient (Wildman–Crippen LogP) is 4.23. The summed E-state index contributed by atoms with van der Waals surface area (Å²) in [5.41, 5.74) is 1.79. The number of amides is 4. The van der Waals surface area contributed by atoms with Crippen molar-refractivity contribution in [2.45, 2.75) is 43.9 Å². The Kier molecular flexibility index (Phi) is 4.59. The first-order valence-corrected chi connectivity index (χ1v) is 11.9. The van der Waals surface area contributed by atoms with Gasteiger partial charge in [-0.3, -0.25) is 14.9 Å². The van der Waals surface area contributed by atoms with E-state index in [1.807, 2.05) is 12.1 Å². The van der Waals surface area contributed by atoms with Gasteiger partial charge in [0.2, 0.25) is 0 Å². The Bertz CT molecular complexity index is 1210. The first-order chi connectivity index (χ1) is 16.3. The molecule has 5 fully saturated rings. The molecule has 7 nitrogen and oxygen atoms in total. The summed E-state index contributed by atoms with van der Waals surface area (Å²) in [7, 11) is 0. The average Bonchev–Trinajstić information content (AvgIpc) is 2.77. The lowest BCUT2D eigenvalue weighted by Gasteiger charge is -2.57. The SMILES string of the molecule is O=C1NC(=O)N(c2ccc(C34CC5CC(CC(C5)C3)C4)cc2)C(=O)/C1=C/c1ccc(O)cc1O. The molecular formula is C27H26N2O5. The molecule has 0 atom stereocenters. The monoisotopic (exact) mass is 458 g/mol. The van der Waals surface area contributed by atoms with Crippen LogP contribution in [0.1, 0.15) is 49.7 Å². The minimum absolute atomic E-state index is 0.144. The number of hydrogen-bond acceptors (Lipinski definition) is 5. The quantitative estimate of drug-likeness (QED) is 0.471. The average molecular weight is 459 g/mol. The standard InChI is InChI=1S/C27H26N2O5/c30-21-6-1-18(23(31)11-21)10-22-24(32)28-26(34)29(25(22)33)20-4-2-19(3-5-20)27-12-15-7-16(13-27)9-17(8-15)14-27/h1-6,10-11,15-17,30-31H,7-9,12-14H2,(H,28,32,34)/b22-10+. The Balaban J connectivity index is 1.30. The summed E-state index contributed by atoms with van der Waals surface area (Å²) in [5.74, 6) is 0.431. The molecule has 0 radical (unpaired) electrons. The van der Waals surface area contributed by atoms with Crippen LogP contribution in [0.4, 0.5) is 10.5 Å². The highest BCUT2D eigenvalue weighted by Crippen LogP contribution is 2.60. The number of hydrogen-bond donors (Lipinski definition) is 3. The zero-order valence-corrected chi connectivity index (χ0v) is 18.7. The maximum Gasteiger partial charge on any atom is 0.335 e. The number of nitrogens with zero attached hydrogens (tertiary/aromatic N) is 1. The number of carbonyl (C=O) groups excluding carboxylic acids is 3. The van der Waals surface area contributed by atoms with Crippen molar-refractivity contribution in [3.05, 3.63) is 59.2 Å². The van der Waals surface area contributed by atoms with E-state index in [1.165, 1.54) is 62.3 Å². The van der Waals surface area contributed by atoms with E-state index in [-0.39, 0.29) is 28.1 Å². The second-order valence-corrected chi connectivity index (χ2v) is 10.4. The molecule has 1 heterocycles. The Labute approximate surface area is 197 Å². The molecule has 1 aliphatic heterocycles. The van der Waals surface area contributed by atoms with E-state index in [1.54, 1.807) is 12.1 Å². The van der Waals surface area contributed by atoms with Gasteiger partial charge in [-0.25, -0.2) is 9.69 Å². The van der Waals surface area contributed by atoms with Crippen molar-refractivity contribution in [1.82, 2.24) is 5.32 Å². The number of aromatic hydroxyl groups is 2. The van der Waals surface area contributed by atoms with E-state index in [0.717, 1.165) is 28.7 Å². The van der Waals surface area contributed by atoms with E-state index >= 15 is 0 Å². The van der Waals surface area contributed by atoms with Crippen molar-refractivity contribution in [1.29, 1.82) is 0 Å². The van der Waals surface area contributed by atoms with E-state index in [2.05, 4.69) is 5.32 Å². The molecule has 4 amide bonds. The number of urea groups is 1. The molecular weight excluding hydrogens is 432 g/mol. The first-order valence-electron chi connectivity index (χ1n) is 11.9. The van der Waals surface area contributed by atoms with Gasteiger partial charge in [0.1, 0.15) is 17.1 Å². The van der Waals surface area contributed by atoms with E-state index in [9.17, 15) is 24.6 Å². The molecule has 4 bridgehead atoms. The second-order valence-electron chi connectivity index (χ2n) is 10.4. The van der Waals surface area contributed by atoms with Gasteiger partial charge in [-0.05, 0) is 97.6 Å². The summed E-state index contributed by atoms with van der Waals surface area (Å²) in [6.45, 7) is 0. The zero-order chi connectivity index (χ0) is 23.6. The van der Waals surface area contributed by atoms with Crippen LogP contribution in [0.15, 0.2) is 48.0 Å². The lowest BCUT2D eigenvalue weighted by Crippen LogP contribution is -2.54. The number of barbiturate groups is 1. The van der Waals surface area contributed by atoms with Crippen LogP contribution >= 0.6 is 0 Å². The zero-order valence-electron chi connectivity index (χ0n) is 18.7. The number of anilines is 1. The smallest absolute Gasteiger partial charge is 0.335 e. The second kappa shape index (κ2) is 7.45.